The average molecular weight is 416 g/mol. The van der Waals surface area contributed by atoms with Crippen LogP contribution in [0.15, 0.2) is 30.4 Å². The number of carbonyl (C=O) groups is 1. The number of allylic oxidation sites excluding steroid dienone is 1. The molecule has 117 valence electrons. The van der Waals surface area contributed by atoms with Gasteiger partial charge in [-0.1, -0.05) is 41.8 Å². The Morgan fingerprint density at radius 1 is 1.27 bits per heavy atom. The summed E-state index contributed by atoms with van der Waals surface area (Å²) in [6.07, 6.45) is 6.38. The summed E-state index contributed by atoms with van der Waals surface area (Å²) in [5.41, 5.74) is 0. The van der Waals surface area contributed by atoms with E-state index in [4.69, 9.17) is 27.9 Å². The second kappa shape index (κ2) is 9.92. The number of unbranched alkanes of at least 4 members (excludes halogenated alkanes) is 1. The molecular weight excluding hydrogens is 398 g/mol. The Morgan fingerprint density at radius 2 is 1.95 bits per heavy atom. The minimum atomic E-state index is 0. The molecule has 0 saturated carbocycles. The Bertz CT molecular complexity index is 517. The number of amides is 1. The van der Waals surface area contributed by atoms with Crippen LogP contribution in [-0.2, 0) is 37.5 Å². The Labute approximate surface area is 166 Å². The maximum absolute atomic E-state index is 11.6. The van der Waals surface area contributed by atoms with Crippen molar-refractivity contribution in [2.24, 2.45) is 0 Å². The molecule has 0 bridgehead atoms. The molecule has 2 rings (SSSR count). The van der Waals surface area contributed by atoms with Crippen LogP contribution in [-0.4, -0.2) is 30.0 Å². The van der Waals surface area contributed by atoms with Crippen LogP contribution in [0.2, 0.25) is 10.0 Å². The van der Waals surface area contributed by atoms with E-state index in [1.54, 1.807) is 18.2 Å². The van der Waals surface area contributed by atoms with Gasteiger partial charge in [0.05, 0.1) is 12.5 Å². The van der Waals surface area contributed by atoms with Gasteiger partial charge in [0.25, 0.3) is 0 Å². The molecular formula is C16H18Cl2NO2Y-. The number of carbonyl (C=O) groups excluding carboxylic acids is 1. The van der Waals surface area contributed by atoms with Gasteiger partial charge in [-0.05, 0) is 18.2 Å². The first-order chi connectivity index (χ1) is 10.1. The zero-order valence-corrected chi connectivity index (χ0v) is 16.7. The van der Waals surface area contributed by atoms with Crippen LogP contribution in [0.4, 0.5) is 0 Å². The third-order valence-electron chi connectivity index (χ3n) is 3.29. The molecule has 22 heavy (non-hydrogen) atoms. The number of hydrogen-bond acceptors (Lipinski definition) is 2. The van der Waals surface area contributed by atoms with Crippen molar-refractivity contribution in [2.45, 2.75) is 25.3 Å². The Hall–Kier alpha value is -0.0861. The van der Waals surface area contributed by atoms with Gasteiger partial charge in [0, 0.05) is 49.3 Å². The van der Waals surface area contributed by atoms with Gasteiger partial charge >= 0.3 is 0 Å². The van der Waals surface area contributed by atoms with E-state index in [0.717, 1.165) is 12.8 Å². The van der Waals surface area contributed by atoms with E-state index in [-0.39, 0.29) is 44.7 Å². The first-order valence-electron chi connectivity index (χ1n) is 6.92. The summed E-state index contributed by atoms with van der Waals surface area (Å²) >= 11 is 11.8. The molecule has 1 radical (unpaired) electrons. The summed E-state index contributed by atoms with van der Waals surface area (Å²) < 4.78 is 5.68. The molecule has 1 aliphatic heterocycles. The van der Waals surface area contributed by atoms with Crippen LogP contribution in [0.1, 0.15) is 19.3 Å². The number of likely N-dealkylation sites (tertiary alicyclic amines) is 1. The molecule has 1 aromatic carbocycles. The van der Waals surface area contributed by atoms with E-state index in [1.807, 2.05) is 17.1 Å². The normalized spacial score (nSPS) is 17.3. The molecule has 1 amide bonds. The number of ether oxygens (including phenoxy) is 1. The minimum absolute atomic E-state index is 0. The van der Waals surface area contributed by atoms with Crippen LogP contribution in [0.3, 0.4) is 0 Å². The average Bonchev–Trinajstić information content (AvgIpc) is 2.42. The molecule has 0 spiro atoms. The SMILES string of the molecule is [CH2-]CC/C=C\CN1C(=O)C[C@@H]1COc1cc(Cl)cc(Cl)c1.[Y]. The van der Waals surface area contributed by atoms with Crippen LogP contribution in [0.5, 0.6) is 5.75 Å². The van der Waals surface area contributed by atoms with E-state index >= 15 is 0 Å². The van der Waals surface area contributed by atoms with Crippen molar-refractivity contribution in [1.29, 1.82) is 0 Å². The van der Waals surface area contributed by atoms with Gasteiger partial charge in [0.1, 0.15) is 12.4 Å². The largest absolute Gasteiger partial charge is 0.491 e. The topological polar surface area (TPSA) is 29.5 Å². The third kappa shape index (κ3) is 5.84. The van der Waals surface area contributed by atoms with Crippen molar-refractivity contribution >= 4 is 29.1 Å². The molecule has 0 unspecified atom stereocenters. The number of β-lactam (4-membered cyclic amide) rings is 1. The Balaban J connectivity index is 0.00000242. The minimum Gasteiger partial charge on any atom is -0.491 e. The maximum Gasteiger partial charge on any atom is 0.225 e. The Morgan fingerprint density at radius 3 is 2.55 bits per heavy atom. The first-order valence-corrected chi connectivity index (χ1v) is 7.68. The zero-order chi connectivity index (χ0) is 15.2. The summed E-state index contributed by atoms with van der Waals surface area (Å²) in [6.45, 7) is 4.85. The number of halogens is 2. The predicted octanol–water partition coefficient (Wildman–Crippen LogP) is 4.14. The van der Waals surface area contributed by atoms with E-state index < -0.39 is 0 Å². The summed E-state index contributed by atoms with van der Waals surface area (Å²) in [4.78, 5) is 13.4. The molecule has 0 aromatic heterocycles. The molecule has 1 aromatic rings. The number of rotatable bonds is 7. The van der Waals surface area contributed by atoms with Crippen LogP contribution in [0.25, 0.3) is 0 Å². The van der Waals surface area contributed by atoms with E-state index in [2.05, 4.69) is 6.92 Å². The summed E-state index contributed by atoms with van der Waals surface area (Å²) in [5.74, 6) is 0.784. The van der Waals surface area contributed by atoms with Gasteiger partial charge in [-0.3, -0.25) is 4.79 Å². The molecule has 1 aliphatic rings. The van der Waals surface area contributed by atoms with E-state index in [9.17, 15) is 4.79 Å². The van der Waals surface area contributed by atoms with Crippen molar-refractivity contribution in [3.63, 3.8) is 0 Å². The van der Waals surface area contributed by atoms with Gasteiger partial charge in [0.15, 0.2) is 0 Å². The van der Waals surface area contributed by atoms with Gasteiger partial charge in [0.2, 0.25) is 5.91 Å². The molecule has 3 nitrogen and oxygen atoms in total. The number of nitrogens with zero attached hydrogens (tertiary/aromatic N) is 1. The van der Waals surface area contributed by atoms with E-state index in [1.165, 1.54) is 0 Å². The fourth-order valence-electron chi connectivity index (χ4n) is 2.15. The third-order valence-corrected chi connectivity index (χ3v) is 3.73. The number of hydrogen-bond donors (Lipinski definition) is 0. The maximum atomic E-state index is 11.6. The van der Waals surface area contributed by atoms with Crippen LogP contribution < -0.4 is 4.74 Å². The monoisotopic (exact) mass is 415 g/mol. The van der Waals surface area contributed by atoms with Crippen molar-refractivity contribution in [3.8, 4) is 5.75 Å². The molecule has 1 saturated heterocycles. The molecule has 6 heteroatoms. The standard InChI is InChI=1S/C16H18Cl2NO2.Y/c1-2-3-4-5-6-19-14(10-16(19)20)11-21-15-8-12(17)7-13(18)9-15;/h4-5,7-9,14H,1-3,6,10-11H2;/q-1;/b5-4-;/t14-;/m1./s1. The zero-order valence-electron chi connectivity index (χ0n) is 12.3. The van der Waals surface area contributed by atoms with Crippen molar-refractivity contribution in [3.05, 3.63) is 47.3 Å². The molecule has 1 fully saturated rings. The van der Waals surface area contributed by atoms with Gasteiger partial charge in [-0.2, -0.15) is 6.42 Å². The first kappa shape index (κ1) is 20.0. The quantitative estimate of drug-likeness (QED) is 0.380. The van der Waals surface area contributed by atoms with Crippen molar-refractivity contribution in [1.82, 2.24) is 4.90 Å². The molecule has 0 aliphatic carbocycles. The van der Waals surface area contributed by atoms with Crippen molar-refractivity contribution in [2.75, 3.05) is 13.2 Å². The smallest absolute Gasteiger partial charge is 0.225 e. The van der Waals surface area contributed by atoms with Crippen molar-refractivity contribution < 1.29 is 42.2 Å². The molecule has 1 heterocycles. The summed E-state index contributed by atoms with van der Waals surface area (Å²) in [6, 6.07) is 5.20. The van der Waals surface area contributed by atoms with Crippen LogP contribution in [0, 0.1) is 6.92 Å². The summed E-state index contributed by atoms with van der Waals surface area (Å²) in [5, 5.41) is 1.07. The van der Waals surface area contributed by atoms with Crippen LogP contribution >= 0.6 is 23.2 Å². The fraction of sp³-hybridized carbons (Fsp3) is 0.375. The summed E-state index contributed by atoms with van der Waals surface area (Å²) in [7, 11) is 0. The fourth-order valence-corrected chi connectivity index (χ4v) is 2.65. The predicted molar refractivity (Wildman–Crippen MR) is 85.8 cm³/mol. The van der Waals surface area contributed by atoms with E-state index in [0.29, 0.717) is 35.4 Å². The second-order valence-electron chi connectivity index (χ2n) is 4.93. The van der Waals surface area contributed by atoms with Gasteiger partial charge in [-0.25, -0.2) is 0 Å². The Kier molecular flexibility index (Phi) is 9.00. The second-order valence-corrected chi connectivity index (χ2v) is 5.81. The van der Waals surface area contributed by atoms with Gasteiger partial charge < -0.3 is 16.6 Å². The molecule has 0 N–H and O–H groups in total. The molecule has 1 atom stereocenters. The van der Waals surface area contributed by atoms with Gasteiger partial charge in [-0.15, -0.1) is 0 Å². The number of benzene rings is 1.